The van der Waals surface area contributed by atoms with E-state index in [9.17, 15) is 4.79 Å². The Labute approximate surface area is 138 Å². The van der Waals surface area contributed by atoms with E-state index in [1.165, 1.54) is 6.08 Å². The summed E-state index contributed by atoms with van der Waals surface area (Å²) in [6.07, 6.45) is 3.28. The molecule has 1 fully saturated rings. The molecule has 1 aromatic carbocycles. The highest BCUT2D eigenvalue weighted by atomic mass is 79.9. The summed E-state index contributed by atoms with van der Waals surface area (Å²) in [5.41, 5.74) is 0.971. The van der Waals surface area contributed by atoms with Crippen LogP contribution in [0.4, 0.5) is 0 Å². The van der Waals surface area contributed by atoms with Crippen molar-refractivity contribution < 1.29 is 4.79 Å². The van der Waals surface area contributed by atoms with Crippen molar-refractivity contribution in [3.05, 3.63) is 40.4 Å². The summed E-state index contributed by atoms with van der Waals surface area (Å²) in [5.74, 6) is -0.193. The van der Waals surface area contributed by atoms with Crippen molar-refractivity contribution in [2.24, 2.45) is 0 Å². The molecule has 0 aromatic heterocycles. The molecule has 4 nitrogen and oxygen atoms in total. The number of hydrogen-bond donors (Lipinski definition) is 1. The summed E-state index contributed by atoms with van der Waals surface area (Å²) in [7, 11) is 2.08. The van der Waals surface area contributed by atoms with Crippen LogP contribution < -0.4 is 5.32 Å². The van der Waals surface area contributed by atoms with Crippen LogP contribution in [0.3, 0.4) is 0 Å². The summed E-state index contributed by atoms with van der Waals surface area (Å²) in [5, 5.41) is 3.26. The van der Waals surface area contributed by atoms with E-state index >= 15 is 0 Å². The molecule has 0 radical (unpaired) electrons. The Morgan fingerprint density at radius 1 is 1.24 bits per heavy atom. The number of likely N-dealkylation sites (N-methyl/N-ethyl adjacent to an activating group) is 1. The molecule has 112 valence electrons. The number of rotatable bonds is 2. The summed E-state index contributed by atoms with van der Waals surface area (Å²) >= 11 is 8.65. The molecule has 0 unspecified atom stereocenters. The van der Waals surface area contributed by atoms with E-state index < -0.39 is 0 Å². The fourth-order valence-corrected chi connectivity index (χ4v) is 2.53. The van der Waals surface area contributed by atoms with Crippen molar-refractivity contribution in [2.75, 3.05) is 33.2 Å². The molecule has 0 atom stereocenters. The van der Waals surface area contributed by atoms with Crippen LogP contribution in [0.25, 0.3) is 6.08 Å². The van der Waals surface area contributed by atoms with Crippen LogP contribution in [0.2, 0.25) is 0 Å². The van der Waals surface area contributed by atoms with E-state index in [4.69, 9.17) is 12.2 Å². The van der Waals surface area contributed by atoms with Gasteiger partial charge in [-0.25, -0.2) is 0 Å². The van der Waals surface area contributed by atoms with Gasteiger partial charge in [0.1, 0.15) is 0 Å². The number of carbonyl (C=O) groups is 1. The number of carbonyl (C=O) groups excluding carboxylic acids is 1. The van der Waals surface area contributed by atoms with Crippen molar-refractivity contribution in [1.29, 1.82) is 0 Å². The molecule has 1 aliphatic rings. The lowest BCUT2D eigenvalue weighted by atomic mass is 10.2. The maximum Gasteiger partial charge on any atom is 0.250 e. The predicted octanol–water partition coefficient (Wildman–Crippen LogP) is 2.11. The molecule has 1 amide bonds. The van der Waals surface area contributed by atoms with Crippen molar-refractivity contribution in [3.63, 3.8) is 0 Å². The van der Waals surface area contributed by atoms with Gasteiger partial charge < -0.3 is 9.80 Å². The van der Waals surface area contributed by atoms with Crippen LogP contribution in [0.5, 0.6) is 0 Å². The number of halogens is 1. The molecule has 1 saturated heterocycles. The molecule has 0 saturated carbocycles. The molecule has 21 heavy (non-hydrogen) atoms. The maximum absolute atomic E-state index is 11.9. The van der Waals surface area contributed by atoms with Crippen LogP contribution in [-0.4, -0.2) is 54.0 Å². The minimum absolute atomic E-state index is 0.193. The third-order valence-corrected chi connectivity index (χ3v) is 4.21. The number of hydrogen-bond acceptors (Lipinski definition) is 3. The lowest BCUT2D eigenvalue weighted by Gasteiger charge is -2.33. The second-order valence-corrected chi connectivity index (χ2v) is 6.27. The molecule has 1 aliphatic heterocycles. The third kappa shape index (κ3) is 5.22. The molecule has 1 aromatic rings. The quantitative estimate of drug-likeness (QED) is 0.641. The van der Waals surface area contributed by atoms with Gasteiger partial charge >= 0.3 is 0 Å². The lowest BCUT2D eigenvalue weighted by Crippen LogP contribution is -2.51. The molecule has 0 bridgehead atoms. The van der Waals surface area contributed by atoms with Crippen LogP contribution in [0.1, 0.15) is 5.56 Å². The zero-order chi connectivity index (χ0) is 15.2. The topological polar surface area (TPSA) is 35.6 Å². The SMILES string of the molecule is CN1CCN(C(=S)NC(=O)C=Cc2ccc(Br)cc2)CC1. The first-order valence-corrected chi connectivity index (χ1v) is 7.97. The van der Waals surface area contributed by atoms with Crippen molar-refractivity contribution in [3.8, 4) is 0 Å². The first-order valence-electron chi connectivity index (χ1n) is 6.77. The van der Waals surface area contributed by atoms with Gasteiger partial charge in [-0.15, -0.1) is 0 Å². The zero-order valence-corrected chi connectivity index (χ0v) is 14.3. The van der Waals surface area contributed by atoms with E-state index in [-0.39, 0.29) is 5.91 Å². The highest BCUT2D eigenvalue weighted by molar-refractivity contribution is 9.10. The van der Waals surface area contributed by atoms with Gasteiger partial charge in [0, 0.05) is 36.7 Å². The number of piperazine rings is 1. The monoisotopic (exact) mass is 367 g/mol. The summed E-state index contributed by atoms with van der Waals surface area (Å²) in [6.45, 7) is 3.63. The van der Waals surface area contributed by atoms with Crippen molar-refractivity contribution >= 4 is 45.2 Å². The van der Waals surface area contributed by atoms with Crippen molar-refractivity contribution in [1.82, 2.24) is 15.1 Å². The second kappa shape index (κ2) is 7.68. The van der Waals surface area contributed by atoms with Crippen LogP contribution in [-0.2, 0) is 4.79 Å². The first-order chi connectivity index (χ1) is 10.0. The van der Waals surface area contributed by atoms with Crippen LogP contribution >= 0.6 is 28.1 Å². The second-order valence-electron chi connectivity index (χ2n) is 4.97. The van der Waals surface area contributed by atoms with E-state index in [1.807, 2.05) is 29.2 Å². The minimum atomic E-state index is -0.193. The summed E-state index contributed by atoms with van der Waals surface area (Å²) < 4.78 is 1.01. The Hall–Kier alpha value is -1.24. The Morgan fingerprint density at radius 2 is 1.86 bits per heavy atom. The van der Waals surface area contributed by atoms with Gasteiger partial charge in [-0.3, -0.25) is 10.1 Å². The number of thiocarbonyl (C=S) groups is 1. The fourth-order valence-electron chi connectivity index (χ4n) is 1.98. The summed E-state index contributed by atoms with van der Waals surface area (Å²) in [4.78, 5) is 16.1. The van der Waals surface area contributed by atoms with Gasteiger partial charge in [-0.2, -0.15) is 0 Å². The van der Waals surface area contributed by atoms with Gasteiger partial charge in [0.05, 0.1) is 0 Å². The highest BCUT2D eigenvalue weighted by Gasteiger charge is 2.16. The molecule has 2 rings (SSSR count). The lowest BCUT2D eigenvalue weighted by molar-refractivity contribution is -0.115. The summed E-state index contributed by atoms with van der Waals surface area (Å²) in [6, 6.07) is 7.75. The normalized spacial score (nSPS) is 16.2. The Kier molecular flexibility index (Phi) is 5.90. The van der Waals surface area contributed by atoms with Gasteiger partial charge in [0.2, 0.25) is 5.91 Å². The number of nitrogens with one attached hydrogen (secondary N) is 1. The van der Waals surface area contributed by atoms with Gasteiger partial charge in [0.15, 0.2) is 5.11 Å². The van der Waals surface area contributed by atoms with Gasteiger partial charge in [-0.05, 0) is 43.0 Å². The van der Waals surface area contributed by atoms with E-state index in [0.29, 0.717) is 5.11 Å². The van der Waals surface area contributed by atoms with Crippen LogP contribution in [0, 0.1) is 0 Å². The molecule has 1 heterocycles. The molecular formula is C15H18BrN3OS. The number of amides is 1. The Bertz CT molecular complexity index is 536. The smallest absolute Gasteiger partial charge is 0.250 e. The molecule has 0 aliphatic carbocycles. The van der Waals surface area contributed by atoms with Crippen LogP contribution in [0.15, 0.2) is 34.8 Å². The largest absolute Gasteiger partial charge is 0.346 e. The highest BCUT2D eigenvalue weighted by Crippen LogP contribution is 2.11. The zero-order valence-electron chi connectivity index (χ0n) is 11.9. The number of benzene rings is 1. The van der Waals surface area contributed by atoms with E-state index in [2.05, 4.69) is 33.2 Å². The third-order valence-electron chi connectivity index (χ3n) is 3.32. The molecule has 6 heteroatoms. The Morgan fingerprint density at radius 3 is 2.48 bits per heavy atom. The predicted molar refractivity (Wildman–Crippen MR) is 93.0 cm³/mol. The first kappa shape index (κ1) is 16.1. The molecular weight excluding hydrogens is 350 g/mol. The van der Waals surface area contributed by atoms with Gasteiger partial charge in [-0.1, -0.05) is 28.1 Å². The average molecular weight is 368 g/mol. The molecule has 1 N–H and O–H groups in total. The van der Waals surface area contributed by atoms with E-state index in [1.54, 1.807) is 6.08 Å². The average Bonchev–Trinajstić information content (AvgIpc) is 2.47. The van der Waals surface area contributed by atoms with E-state index in [0.717, 1.165) is 36.2 Å². The minimum Gasteiger partial charge on any atom is -0.346 e. The fraction of sp³-hybridized carbons (Fsp3) is 0.333. The van der Waals surface area contributed by atoms with Gasteiger partial charge in [0.25, 0.3) is 0 Å². The number of nitrogens with zero attached hydrogens (tertiary/aromatic N) is 2. The van der Waals surface area contributed by atoms with Crippen molar-refractivity contribution in [2.45, 2.75) is 0 Å². The standard InChI is InChI=1S/C15H18BrN3OS/c1-18-8-10-19(11-9-18)15(21)17-14(20)7-4-12-2-5-13(16)6-3-12/h2-7H,8-11H2,1H3,(H,17,20,21). The Balaban J connectivity index is 1.83. The maximum atomic E-state index is 11.9. The molecule has 0 spiro atoms.